The van der Waals surface area contributed by atoms with Crippen LogP contribution in [-0.2, 0) is 11.3 Å². The summed E-state index contributed by atoms with van der Waals surface area (Å²) in [6.45, 7) is 0.507. The summed E-state index contributed by atoms with van der Waals surface area (Å²) >= 11 is 1.19. The molecular formula is C11H13NO3S. The van der Waals surface area contributed by atoms with Crippen LogP contribution < -0.4 is 4.87 Å². The fraction of sp³-hybridized carbons (Fsp3) is 0.364. The molecule has 0 fully saturated rings. The van der Waals surface area contributed by atoms with Gasteiger partial charge in [0.2, 0.25) is 0 Å². The molecule has 86 valence electrons. The van der Waals surface area contributed by atoms with Gasteiger partial charge in [-0.25, -0.2) is 0 Å². The number of nitrogens with zero attached hydrogens (tertiary/aromatic N) is 1. The van der Waals surface area contributed by atoms with Crippen molar-refractivity contribution in [2.75, 3.05) is 13.7 Å². The van der Waals surface area contributed by atoms with Crippen LogP contribution in [0.3, 0.4) is 0 Å². The normalized spacial score (nSPS) is 13.1. The van der Waals surface area contributed by atoms with Crippen LogP contribution in [0.4, 0.5) is 0 Å². The highest BCUT2D eigenvalue weighted by molar-refractivity contribution is 7.16. The Morgan fingerprint density at radius 1 is 1.50 bits per heavy atom. The van der Waals surface area contributed by atoms with Gasteiger partial charge in [-0.05, 0) is 12.1 Å². The van der Waals surface area contributed by atoms with E-state index in [0.29, 0.717) is 0 Å². The second kappa shape index (κ2) is 4.78. The Morgan fingerprint density at radius 2 is 2.25 bits per heavy atom. The smallest absolute Gasteiger partial charge is 0.308 e. The van der Waals surface area contributed by atoms with Crippen LogP contribution in [0.2, 0.25) is 0 Å². The van der Waals surface area contributed by atoms with Crippen LogP contribution >= 0.6 is 11.3 Å². The van der Waals surface area contributed by atoms with Crippen molar-refractivity contribution in [1.29, 1.82) is 0 Å². The average molecular weight is 239 g/mol. The van der Waals surface area contributed by atoms with Crippen LogP contribution in [0.25, 0.3) is 10.2 Å². The van der Waals surface area contributed by atoms with E-state index in [9.17, 15) is 9.90 Å². The third kappa shape index (κ3) is 2.16. The number of para-hydroxylation sites is 1. The first-order valence-electron chi connectivity index (χ1n) is 4.97. The average Bonchev–Trinajstić information content (AvgIpc) is 2.56. The van der Waals surface area contributed by atoms with Gasteiger partial charge in [0.15, 0.2) is 0 Å². The standard InChI is InChI=1S/C11H13NO3S/c1-15-7-8(13)6-12-9-4-2-3-5-10(9)16-11(12)14/h2-5,8,13H,6-7H2,1H3. The SMILES string of the molecule is COCC(O)Cn1c(=O)sc2ccccc21. The second-order valence-corrected chi connectivity index (χ2v) is 4.55. The Labute approximate surface area is 96.7 Å². The van der Waals surface area contributed by atoms with Gasteiger partial charge in [-0.1, -0.05) is 23.5 Å². The van der Waals surface area contributed by atoms with Gasteiger partial charge in [-0.15, -0.1) is 0 Å². The molecule has 0 bridgehead atoms. The Bertz CT molecular complexity index is 531. The maximum Gasteiger partial charge on any atom is 0.308 e. The summed E-state index contributed by atoms with van der Waals surface area (Å²) in [5.74, 6) is 0. The van der Waals surface area contributed by atoms with Crippen molar-refractivity contribution < 1.29 is 9.84 Å². The van der Waals surface area contributed by atoms with E-state index in [2.05, 4.69) is 0 Å². The molecule has 1 atom stereocenters. The zero-order valence-electron chi connectivity index (χ0n) is 8.92. The van der Waals surface area contributed by atoms with Crippen molar-refractivity contribution in [2.24, 2.45) is 0 Å². The minimum absolute atomic E-state index is 0.0450. The number of aliphatic hydroxyl groups excluding tert-OH is 1. The molecular weight excluding hydrogens is 226 g/mol. The molecule has 0 saturated carbocycles. The van der Waals surface area contributed by atoms with E-state index in [0.717, 1.165) is 10.2 Å². The monoisotopic (exact) mass is 239 g/mol. The minimum Gasteiger partial charge on any atom is -0.389 e. The molecule has 16 heavy (non-hydrogen) atoms. The van der Waals surface area contributed by atoms with Crippen LogP contribution in [0.15, 0.2) is 29.1 Å². The number of hydrogen-bond acceptors (Lipinski definition) is 4. The van der Waals surface area contributed by atoms with Crippen LogP contribution in [0.1, 0.15) is 0 Å². The molecule has 0 spiro atoms. The molecule has 0 amide bonds. The third-order valence-electron chi connectivity index (χ3n) is 2.33. The highest BCUT2D eigenvalue weighted by Gasteiger charge is 2.11. The molecule has 0 aliphatic rings. The summed E-state index contributed by atoms with van der Waals surface area (Å²) in [5.41, 5.74) is 0.868. The highest BCUT2D eigenvalue weighted by Crippen LogP contribution is 2.16. The van der Waals surface area contributed by atoms with Crippen molar-refractivity contribution >= 4 is 21.6 Å². The zero-order valence-corrected chi connectivity index (χ0v) is 9.74. The summed E-state index contributed by atoms with van der Waals surface area (Å²) in [7, 11) is 1.53. The van der Waals surface area contributed by atoms with Crippen molar-refractivity contribution in [3.63, 3.8) is 0 Å². The summed E-state index contributed by atoms with van der Waals surface area (Å²) in [6.07, 6.45) is -0.652. The molecule has 1 heterocycles. The molecule has 0 aliphatic heterocycles. The van der Waals surface area contributed by atoms with Crippen molar-refractivity contribution in [1.82, 2.24) is 4.57 Å². The maximum atomic E-state index is 11.7. The molecule has 1 aromatic heterocycles. The quantitative estimate of drug-likeness (QED) is 0.868. The number of thiazole rings is 1. The number of benzene rings is 1. The van der Waals surface area contributed by atoms with Gasteiger partial charge in [-0.3, -0.25) is 9.36 Å². The molecule has 4 nitrogen and oxygen atoms in total. The molecule has 1 unspecified atom stereocenters. The number of rotatable bonds is 4. The fourth-order valence-electron chi connectivity index (χ4n) is 1.64. The minimum atomic E-state index is -0.652. The Hall–Kier alpha value is -1.17. The van der Waals surface area contributed by atoms with E-state index in [1.54, 1.807) is 4.57 Å². The number of hydrogen-bond donors (Lipinski definition) is 1. The van der Waals surface area contributed by atoms with Crippen LogP contribution in [-0.4, -0.2) is 29.5 Å². The van der Waals surface area contributed by atoms with E-state index in [4.69, 9.17) is 4.74 Å². The summed E-state index contributed by atoms with van der Waals surface area (Å²) in [5, 5.41) is 9.62. The van der Waals surface area contributed by atoms with E-state index in [1.807, 2.05) is 24.3 Å². The first kappa shape index (κ1) is 11.3. The Morgan fingerprint density at radius 3 is 3.00 bits per heavy atom. The highest BCUT2D eigenvalue weighted by atomic mass is 32.1. The number of aliphatic hydroxyl groups is 1. The Balaban J connectivity index is 2.36. The molecule has 0 radical (unpaired) electrons. The van der Waals surface area contributed by atoms with Crippen LogP contribution in [0.5, 0.6) is 0 Å². The van der Waals surface area contributed by atoms with Gasteiger partial charge in [0.1, 0.15) is 0 Å². The maximum absolute atomic E-state index is 11.7. The van der Waals surface area contributed by atoms with E-state index < -0.39 is 6.10 Å². The lowest BCUT2D eigenvalue weighted by Crippen LogP contribution is -2.26. The molecule has 0 saturated heterocycles. The molecule has 0 aliphatic carbocycles. The van der Waals surface area contributed by atoms with Crippen molar-refractivity contribution in [3.05, 3.63) is 33.9 Å². The van der Waals surface area contributed by atoms with Crippen LogP contribution in [0, 0.1) is 0 Å². The lowest BCUT2D eigenvalue weighted by molar-refractivity contribution is 0.0541. The molecule has 1 aromatic carbocycles. The topological polar surface area (TPSA) is 51.5 Å². The van der Waals surface area contributed by atoms with Gasteiger partial charge in [-0.2, -0.15) is 0 Å². The van der Waals surface area contributed by atoms with Gasteiger partial charge in [0, 0.05) is 7.11 Å². The molecule has 5 heteroatoms. The lowest BCUT2D eigenvalue weighted by Gasteiger charge is -2.10. The van der Waals surface area contributed by atoms with Gasteiger partial charge in [0.25, 0.3) is 0 Å². The molecule has 2 rings (SSSR count). The first-order valence-corrected chi connectivity index (χ1v) is 5.79. The second-order valence-electron chi connectivity index (χ2n) is 3.56. The van der Waals surface area contributed by atoms with Crippen molar-refractivity contribution in [2.45, 2.75) is 12.6 Å². The third-order valence-corrected chi connectivity index (χ3v) is 3.29. The molecule has 2 aromatic rings. The summed E-state index contributed by atoms with van der Waals surface area (Å²) < 4.78 is 7.37. The lowest BCUT2D eigenvalue weighted by atomic mass is 10.3. The predicted octanol–water partition coefficient (Wildman–Crippen LogP) is 1.07. The Kier molecular flexibility index (Phi) is 3.38. The number of ether oxygens (including phenoxy) is 1. The van der Waals surface area contributed by atoms with E-state index in [-0.39, 0.29) is 18.0 Å². The first-order chi connectivity index (χ1) is 7.72. The largest absolute Gasteiger partial charge is 0.389 e. The number of aromatic nitrogens is 1. The number of methoxy groups -OCH3 is 1. The zero-order chi connectivity index (χ0) is 11.5. The fourth-order valence-corrected chi connectivity index (χ4v) is 2.54. The van der Waals surface area contributed by atoms with E-state index >= 15 is 0 Å². The predicted molar refractivity (Wildman–Crippen MR) is 64.0 cm³/mol. The van der Waals surface area contributed by atoms with Gasteiger partial charge >= 0.3 is 4.87 Å². The van der Waals surface area contributed by atoms with Gasteiger partial charge in [0.05, 0.1) is 29.5 Å². The van der Waals surface area contributed by atoms with Gasteiger partial charge < -0.3 is 9.84 Å². The summed E-state index contributed by atoms with van der Waals surface area (Å²) in [6, 6.07) is 7.56. The van der Waals surface area contributed by atoms with E-state index in [1.165, 1.54) is 18.4 Å². The number of fused-ring (bicyclic) bond motifs is 1. The molecule has 1 N–H and O–H groups in total. The summed E-state index contributed by atoms with van der Waals surface area (Å²) in [4.78, 5) is 11.7. The van der Waals surface area contributed by atoms with Crippen molar-refractivity contribution in [3.8, 4) is 0 Å².